The van der Waals surface area contributed by atoms with Gasteiger partial charge in [-0.2, -0.15) is 5.10 Å². The van der Waals surface area contributed by atoms with Gasteiger partial charge in [0.2, 0.25) is 5.91 Å². The molecule has 0 atom stereocenters. The molecule has 1 saturated heterocycles. The Morgan fingerprint density at radius 2 is 1.85 bits per heavy atom. The number of nitrogens with one attached hydrogen (secondary N) is 1. The number of rotatable bonds is 6. The van der Waals surface area contributed by atoms with Crippen molar-refractivity contribution in [2.24, 2.45) is 11.0 Å². The maximum atomic E-state index is 12.3. The van der Waals surface area contributed by atoms with Gasteiger partial charge in [0.15, 0.2) is 0 Å². The molecule has 5 nitrogen and oxygen atoms in total. The summed E-state index contributed by atoms with van der Waals surface area (Å²) in [6.07, 6.45) is 3.38. The lowest BCUT2D eigenvalue weighted by Gasteiger charge is -2.30. The zero-order valence-electron chi connectivity index (χ0n) is 15.4. The minimum atomic E-state index is 0.00283. The Balaban J connectivity index is 1.42. The highest BCUT2D eigenvalue weighted by Crippen LogP contribution is 2.20. The second-order valence-corrected chi connectivity index (χ2v) is 7.60. The van der Waals surface area contributed by atoms with Crippen molar-refractivity contribution >= 4 is 28.1 Å². The Morgan fingerprint density at radius 1 is 1.19 bits per heavy atom. The Kier molecular flexibility index (Phi) is 7.01. The van der Waals surface area contributed by atoms with Crippen LogP contribution in [-0.4, -0.2) is 37.2 Å². The first-order valence-corrected chi connectivity index (χ1v) is 9.87. The van der Waals surface area contributed by atoms with Gasteiger partial charge in [0, 0.05) is 16.9 Å². The van der Waals surface area contributed by atoms with Gasteiger partial charge in [-0.3, -0.25) is 9.69 Å². The summed E-state index contributed by atoms with van der Waals surface area (Å²) in [4.78, 5) is 14.7. The highest BCUT2D eigenvalue weighted by molar-refractivity contribution is 9.10. The number of piperidine rings is 1. The number of hydrogen-bond donors (Lipinski definition) is 1. The molecule has 2 aromatic carbocycles. The topological polar surface area (TPSA) is 53.9 Å². The third-order valence-corrected chi connectivity index (χ3v) is 5.31. The Labute approximate surface area is 168 Å². The minimum absolute atomic E-state index is 0.00283. The molecule has 0 bridgehead atoms. The van der Waals surface area contributed by atoms with Crippen molar-refractivity contribution in [3.05, 3.63) is 64.1 Å². The van der Waals surface area contributed by atoms with Crippen molar-refractivity contribution in [1.29, 1.82) is 0 Å². The normalized spacial score (nSPS) is 15.8. The van der Waals surface area contributed by atoms with Crippen LogP contribution in [0.2, 0.25) is 0 Å². The average molecular weight is 430 g/mol. The zero-order chi connectivity index (χ0) is 19.1. The monoisotopic (exact) mass is 429 g/mol. The number of ether oxygens (including phenoxy) is 1. The van der Waals surface area contributed by atoms with E-state index in [0.29, 0.717) is 0 Å². The van der Waals surface area contributed by atoms with Crippen LogP contribution >= 0.6 is 15.9 Å². The number of nitrogens with zero attached hydrogens (tertiary/aromatic N) is 2. The van der Waals surface area contributed by atoms with Crippen LogP contribution in [0.5, 0.6) is 5.75 Å². The number of likely N-dealkylation sites (tertiary alicyclic amines) is 1. The van der Waals surface area contributed by atoms with Crippen molar-refractivity contribution in [2.45, 2.75) is 19.4 Å². The fourth-order valence-corrected chi connectivity index (χ4v) is 3.42. The van der Waals surface area contributed by atoms with Crippen molar-refractivity contribution in [3.8, 4) is 5.75 Å². The van der Waals surface area contributed by atoms with Crippen molar-refractivity contribution < 1.29 is 9.53 Å². The lowest BCUT2D eigenvalue weighted by Crippen LogP contribution is -2.39. The molecule has 1 fully saturated rings. The summed E-state index contributed by atoms with van der Waals surface area (Å²) in [7, 11) is 1.63. The number of halogens is 1. The predicted octanol–water partition coefficient (Wildman–Crippen LogP) is 3.82. The molecule has 2 aromatic rings. The fraction of sp³-hybridized carbons (Fsp3) is 0.333. The molecule has 1 amide bonds. The molecule has 0 aliphatic carbocycles. The van der Waals surface area contributed by atoms with Crippen LogP contribution in [0.1, 0.15) is 24.0 Å². The smallest absolute Gasteiger partial charge is 0.243 e. The Morgan fingerprint density at radius 3 is 2.48 bits per heavy atom. The van der Waals surface area contributed by atoms with Gasteiger partial charge in [0.1, 0.15) is 5.75 Å². The van der Waals surface area contributed by atoms with Gasteiger partial charge < -0.3 is 4.74 Å². The molecule has 27 heavy (non-hydrogen) atoms. The van der Waals surface area contributed by atoms with Crippen LogP contribution in [0.25, 0.3) is 0 Å². The zero-order valence-corrected chi connectivity index (χ0v) is 17.0. The van der Waals surface area contributed by atoms with Crippen LogP contribution in [0, 0.1) is 5.92 Å². The molecule has 0 spiro atoms. The highest BCUT2D eigenvalue weighted by Gasteiger charge is 2.24. The average Bonchev–Trinajstić information content (AvgIpc) is 2.71. The van der Waals surface area contributed by atoms with E-state index in [1.807, 2.05) is 24.3 Å². The molecule has 1 aliphatic rings. The molecule has 6 heteroatoms. The second-order valence-electron chi connectivity index (χ2n) is 6.68. The van der Waals surface area contributed by atoms with E-state index in [1.165, 1.54) is 5.56 Å². The standard InChI is InChI=1S/C21H24BrN3O2/c1-27-20-8-4-16(5-9-20)14-23-24-21(26)18-10-12-25(13-11-18)15-17-2-6-19(22)7-3-17/h2-9,14,18H,10-13,15H2,1H3,(H,24,26). The summed E-state index contributed by atoms with van der Waals surface area (Å²) >= 11 is 3.46. The number of carbonyl (C=O) groups excluding carboxylic acids is 1. The molecular formula is C21H24BrN3O2. The molecule has 142 valence electrons. The molecule has 0 aromatic heterocycles. The van der Waals surface area contributed by atoms with Crippen molar-refractivity contribution in [2.75, 3.05) is 20.2 Å². The predicted molar refractivity (Wildman–Crippen MR) is 111 cm³/mol. The van der Waals surface area contributed by atoms with E-state index in [2.05, 4.69) is 55.6 Å². The maximum absolute atomic E-state index is 12.3. The third kappa shape index (κ3) is 5.91. The van der Waals surface area contributed by atoms with Gasteiger partial charge in [-0.1, -0.05) is 28.1 Å². The number of carbonyl (C=O) groups is 1. The molecule has 1 heterocycles. The minimum Gasteiger partial charge on any atom is -0.497 e. The van der Waals surface area contributed by atoms with E-state index in [0.717, 1.165) is 48.3 Å². The van der Waals surface area contributed by atoms with Gasteiger partial charge >= 0.3 is 0 Å². The summed E-state index contributed by atoms with van der Waals surface area (Å²) in [6, 6.07) is 15.9. The van der Waals surface area contributed by atoms with E-state index in [9.17, 15) is 4.79 Å². The second kappa shape index (κ2) is 9.67. The SMILES string of the molecule is COc1ccc(C=NNC(=O)C2CCN(Cc3ccc(Br)cc3)CC2)cc1. The highest BCUT2D eigenvalue weighted by atomic mass is 79.9. The number of benzene rings is 2. The Bertz CT molecular complexity index is 767. The molecule has 3 rings (SSSR count). The number of hydrazone groups is 1. The van der Waals surface area contributed by atoms with E-state index in [1.54, 1.807) is 13.3 Å². The third-order valence-electron chi connectivity index (χ3n) is 4.78. The van der Waals surface area contributed by atoms with Crippen LogP contribution in [0.4, 0.5) is 0 Å². The van der Waals surface area contributed by atoms with Gasteiger partial charge in [-0.05, 0) is 73.5 Å². The van der Waals surface area contributed by atoms with E-state index < -0.39 is 0 Å². The molecule has 1 N–H and O–H groups in total. The van der Waals surface area contributed by atoms with Crippen molar-refractivity contribution in [1.82, 2.24) is 10.3 Å². The van der Waals surface area contributed by atoms with Crippen LogP contribution < -0.4 is 10.2 Å². The van der Waals surface area contributed by atoms with E-state index in [-0.39, 0.29) is 11.8 Å². The summed E-state index contributed by atoms with van der Waals surface area (Å²) in [5, 5.41) is 4.08. The van der Waals surface area contributed by atoms with Gasteiger partial charge in [0.25, 0.3) is 0 Å². The number of hydrogen-bond acceptors (Lipinski definition) is 4. The maximum Gasteiger partial charge on any atom is 0.243 e. The van der Waals surface area contributed by atoms with Crippen LogP contribution in [0.3, 0.4) is 0 Å². The first-order valence-electron chi connectivity index (χ1n) is 9.08. The molecule has 0 radical (unpaired) electrons. The molecule has 0 saturated carbocycles. The molecule has 1 aliphatic heterocycles. The first-order chi connectivity index (χ1) is 13.1. The fourth-order valence-electron chi connectivity index (χ4n) is 3.15. The summed E-state index contributed by atoms with van der Waals surface area (Å²) < 4.78 is 6.22. The molecule has 0 unspecified atom stereocenters. The van der Waals surface area contributed by atoms with Gasteiger partial charge in [-0.15, -0.1) is 0 Å². The van der Waals surface area contributed by atoms with Crippen LogP contribution in [-0.2, 0) is 11.3 Å². The lowest BCUT2D eigenvalue weighted by molar-refractivity contribution is -0.126. The number of amides is 1. The largest absolute Gasteiger partial charge is 0.497 e. The van der Waals surface area contributed by atoms with Gasteiger partial charge in [-0.25, -0.2) is 5.43 Å². The Hall–Kier alpha value is -2.18. The summed E-state index contributed by atoms with van der Waals surface area (Å²) in [5.41, 5.74) is 4.89. The first kappa shape index (κ1) is 19.6. The molecular weight excluding hydrogens is 406 g/mol. The number of methoxy groups -OCH3 is 1. The van der Waals surface area contributed by atoms with Crippen molar-refractivity contribution in [3.63, 3.8) is 0 Å². The summed E-state index contributed by atoms with van der Waals surface area (Å²) in [6.45, 7) is 2.78. The summed E-state index contributed by atoms with van der Waals surface area (Å²) in [5.74, 6) is 0.827. The quantitative estimate of drug-likeness (QED) is 0.560. The van der Waals surface area contributed by atoms with Crippen LogP contribution in [0.15, 0.2) is 58.1 Å². The van der Waals surface area contributed by atoms with Gasteiger partial charge in [0.05, 0.1) is 13.3 Å². The van der Waals surface area contributed by atoms with E-state index >= 15 is 0 Å². The lowest BCUT2D eigenvalue weighted by atomic mass is 9.96. The van der Waals surface area contributed by atoms with E-state index in [4.69, 9.17) is 4.74 Å².